The number of halogens is 3. The fourth-order valence-electron chi connectivity index (χ4n) is 7.09. The van der Waals surface area contributed by atoms with E-state index in [9.17, 15) is 13.2 Å². The molecule has 41 heavy (non-hydrogen) atoms. The van der Waals surface area contributed by atoms with E-state index in [1.54, 1.807) is 6.07 Å². The third-order valence-corrected chi connectivity index (χ3v) is 9.70. The summed E-state index contributed by atoms with van der Waals surface area (Å²) in [4.78, 5) is 0. The topological polar surface area (TPSA) is 9.23 Å². The second kappa shape index (κ2) is 16.0. The highest BCUT2D eigenvalue weighted by molar-refractivity contribution is 5.30. The molecule has 2 aromatic carbocycles. The van der Waals surface area contributed by atoms with Crippen LogP contribution in [0.4, 0.5) is 13.2 Å². The molecule has 2 fully saturated rings. The van der Waals surface area contributed by atoms with Crippen LogP contribution < -0.4 is 0 Å². The number of benzene rings is 2. The highest BCUT2D eigenvalue weighted by Crippen LogP contribution is 2.40. The van der Waals surface area contributed by atoms with Crippen molar-refractivity contribution in [3.8, 4) is 0 Å². The summed E-state index contributed by atoms with van der Waals surface area (Å²) in [6, 6.07) is 12.6. The largest absolute Gasteiger partial charge is 0.386 e. The summed E-state index contributed by atoms with van der Waals surface area (Å²) in [7, 11) is 0. The summed E-state index contributed by atoms with van der Waals surface area (Å²) in [5, 5.41) is 0. The Morgan fingerprint density at radius 1 is 0.805 bits per heavy atom. The average Bonchev–Trinajstić information content (AvgIpc) is 2.98. The van der Waals surface area contributed by atoms with Crippen molar-refractivity contribution in [1.82, 2.24) is 0 Å². The van der Waals surface area contributed by atoms with Gasteiger partial charge in [-0.2, -0.15) is 8.78 Å². The standard InChI is InChI=1S/C37H51F3O/c1-3-5-6-7-8-10-29-13-17-31(18-14-29)32-19-15-30(16-20-32)25-26-41-37(39,40)35-24-23-34(27-36(35)38)33-21-11-28(9-4-2)12-22-33/h4,9,15-16,19-20,23-24,27-29,31,33H,3,5-8,10-14,17-18,21-22,25-26H2,1-2H3. The number of allylic oxidation sites excluding steroid dienone is 2. The summed E-state index contributed by atoms with van der Waals surface area (Å²) in [5.41, 5.74) is 2.47. The molecule has 0 radical (unpaired) electrons. The van der Waals surface area contributed by atoms with E-state index >= 15 is 0 Å². The average molecular weight is 569 g/mol. The van der Waals surface area contributed by atoms with Crippen molar-refractivity contribution in [3.63, 3.8) is 0 Å². The first-order valence-corrected chi connectivity index (χ1v) is 16.4. The van der Waals surface area contributed by atoms with E-state index < -0.39 is 17.5 Å². The lowest BCUT2D eigenvalue weighted by Crippen LogP contribution is -2.22. The van der Waals surface area contributed by atoms with Gasteiger partial charge in [0.25, 0.3) is 0 Å². The monoisotopic (exact) mass is 568 g/mol. The minimum absolute atomic E-state index is 0.161. The number of rotatable bonds is 14. The summed E-state index contributed by atoms with van der Waals surface area (Å²) < 4.78 is 49.4. The minimum Gasteiger partial charge on any atom is -0.316 e. The van der Waals surface area contributed by atoms with Crippen LogP contribution in [0.5, 0.6) is 0 Å². The third kappa shape index (κ3) is 9.46. The van der Waals surface area contributed by atoms with Gasteiger partial charge in [0.1, 0.15) is 5.82 Å². The van der Waals surface area contributed by atoms with Crippen LogP contribution >= 0.6 is 0 Å². The molecule has 2 aliphatic rings. The van der Waals surface area contributed by atoms with E-state index in [-0.39, 0.29) is 12.5 Å². The summed E-state index contributed by atoms with van der Waals surface area (Å²) in [6.07, 6.45) is 18.4. The zero-order chi connectivity index (χ0) is 29.1. The smallest absolute Gasteiger partial charge is 0.316 e. The zero-order valence-electron chi connectivity index (χ0n) is 25.4. The van der Waals surface area contributed by atoms with Crippen molar-refractivity contribution in [1.29, 1.82) is 0 Å². The fourth-order valence-corrected chi connectivity index (χ4v) is 7.09. The highest BCUT2D eigenvalue weighted by Gasteiger charge is 2.36. The van der Waals surface area contributed by atoms with Gasteiger partial charge in [0.2, 0.25) is 0 Å². The summed E-state index contributed by atoms with van der Waals surface area (Å²) in [5.74, 6) is 1.42. The number of hydrogen-bond donors (Lipinski definition) is 0. The van der Waals surface area contributed by atoms with Crippen LogP contribution in [0, 0.1) is 17.7 Å². The van der Waals surface area contributed by atoms with Crippen LogP contribution in [0.1, 0.15) is 138 Å². The Morgan fingerprint density at radius 3 is 2.10 bits per heavy atom. The number of alkyl halides is 2. The molecule has 2 aromatic rings. The number of unbranched alkanes of at least 4 members (excludes halogenated alkanes) is 4. The van der Waals surface area contributed by atoms with Crippen molar-refractivity contribution in [2.24, 2.45) is 11.8 Å². The Morgan fingerprint density at radius 2 is 1.44 bits per heavy atom. The first-order valence-electron chi connectivity index (χ1n) is 16.4. The molecule has 0 bridgehead atoms. The van der Waals surface area contributed by atoms with E-state index in [0.717, 1.165) is 42.7 Å². The SMILES string of the molecule is CC=CC1CCC(c2ccc(C(F)(F)OCCc3ccc(C4CCC(CCCCCCC)CC4)cc3)c(F)c2)CC1. The first kappa shape index (κ1) is 31.9. The molecule has 0 atom stereocenters. The molecule has 0 saturated heterocycles. The van der Waals surface area contributed by atoms with Gasteiger partial charge in [0.15, 0.2) is 0 Å². The van der Waals surface area contributed by atoms with Crippen LogP contribution in [-0.2, 0) is 17.3 Å². The molecule has 0 aromatic heterocycles. The molecule has 0 amide bonds. The van der Waals surface area contributed by atoms with E-state index in [0.29, 0.717) is 18.3 Å². The Labute approximate surface area is 247 Å². The van der Waals surface area contributed by atoms with Gasteiger partial charge in [-0.05, 0) is 117 Å². The predicted molar refractivity (Wildman–Crippen MR) is 164 cm³/mol. The molecule has 2 saturated carbocycles. The molecule has 1 nitrogen and oxygen atoms in total. The van der Waals surface area contributed by atoms with E-state index in [2.05, 4.69) is 31.2 Å². The lowest BCUT2D eigenvalue weighted by atomic mass is 9.77. The molecule has 2 aliphatic carbocycles. The van der Waals surface area contributed by atoms with Crippen LogP contribution in [0.15, 0.2) is 54.6 Å². The summed E-state index contributed by atoms with van der Waals surface area (Å²) >= 11 is 0. The first-order chi connectivity index (χ1) is 19.9. The molecule has 226 valence electrons. The van der Waals surface area contributed by atoms with Gasteiger partial charge in [-0.1, -0.05) is 87.9 Å². The quantitative estimate of drug-likeness (QED) is 0.163. The van der Waals surface area contributed by atoms with Crippen LogP contribution in [0.3, 0.4) is 0 Å². The maximum Gasteiger partial charge on any atom is 0.386 e. The van der Waals surface area contributed by atoms with Crippen LogP contribution in [-0.4, -0.2) is 6.61 Å². The van der Waals surface area contributed by atoms with E-state index in [4.69, 9.17) is 4.74 Å². The van der Waals surface area contributed by atoms with E-state index in [1.165, 1.54) is 81.9 Å². The molecule has 4 rings (SSSR count). The van der Waals surface area contributed by atoms with Gasteiger partial charge >= 0.3 is 6.11 Å². The fraction of sp³-hybridized carbons (Fsp3) is 0.622. The van der Waals surface area contributed by atoms with Crippen molar-refractivity contribution in [2.45, 2.75) is 128 Å². The Balaban J connectivity index is 1.20. The Kier molecular flexibility index (Phi) is 12.4. The Hall–Kier alpha value is -2.07. The lowest BCUT2D eigenvalue weighted by Gasteiger charge is -2.29. The van der Waals surface area contributed by atoms with Crippen molar-refractivity contribution in [3.05, 3.63) is 82.7 Å². The molecule has 0 aliphatic heterocycles. The minimum atomic E-state index is -3.65. The molecule has 0 N–H and O–H groups in total. The predicted octanol–water partition coefficient (Wildman–Crippen LogP) is 11.6. The second-order valence-electron chi connectivity index (χ2n) is 12.7. The van der Waals surface area contributed by atoms with Gasteiger partial charge in [-0.25, -0.2) is 4.39 Å². The maximum absolute atomic E-state index is 14.8. The highest BCUT2D eigenvalue weighted by atomic mass is 19.3. The normalized spacial score (nSPS) is 23.7. The van der Waals surface area contributed by atoms with Gasteiger partial charge in [0, 0.05) is 0 Å². The lowest BCUT2D eigenvalue weighted by molar-refractivity contribution is -0.249. The maximum atomic E-state index is 14.8. The zero-order valence-corrected chi connectivity index (χ0v) is 25.4. The van der Waals surface area contributed by atoms with Gasteiger partial charge in [-0.15, -0.1) is 0 Å². The molecule has 0 unspecified atom stereocenters. The molecule has 4 heteroatoms. The third-order valence-electron chi connectivity index (χ3n) is 9.70. The van der Waals surface area contributed by atoms with E-state index in [1.807, 2.05) is 19.1 Å². The summed E-state index contributed by atoms with van der Waals surface area (Å²) in [6.45, 7) is 4.13. The number of ether oxygens (including phenoxy) is 1. The molecular formula is C37H51F3O. The van der Waals surface area contributed by atoms with Gasteiger partial charge in [-0.3, -0.25) is 0 Å². The molecule has 0 spiro atoms. The van der Waals surface area contributed by atoms with Gasteiger partial charge in [0.05, 0.1) is 12.2 Å². The second-order valence-corrected chi connectivity index (χ2v) is 12.7. The molecule has 0 heterocycles. The van der Waals surface area contributed by atoms with Crippen LogP contribution in [0.2, 0.25) is 0 Å². The van der Waals surface area contributed by atoms with Crippen molar-refractivity contribution in [2.75, 3.05) is 6.61 Å². The van der Waals surface area contributed by atoms with Gasteiger partial charge < -0.3 is 4.74 Å². The number of hydrogen-bond acceptors (Lipinski definition) is 1. The van der Waals surface area contributed by atoms with Crippen LogP contribution in [0.25, 0.3) is 0 Å². The molecular weight excluding hydrogens is 517 g/mol. The van der Waals surface area contributed by atoms with Crippen molar-refractivity contribution >= 4 is 0 Å². The Bertz CT molecular complexity index is 1060. The van der Waals surface area contributed by atoms with Crippen molar-refractivity contribution < 1.29 is 17.9 Å².